The Kier molecular flexibility index (Phi) is 3.59. The van der Waals surface area contributed by atoms with Gasteiger partial charge in [-0.05, 0) is 52.9 Å². The summed E-state index contributed by atoms with van der Waals surface area (Å²) in [4.78, 5) is 12.3. The molecule has 5 heteroatoms. The Morgan fingerprint density at radius 2 is 1.95 bits per heavy atom. The van der Waals surface area contributed by atoms with Crippen LogP contribution in [0.5, 0.6) is 11.5 Å². The molecule has 4 nitrogen and oxygen atoms in total. The van der Waals surface area contributed by atoms with Crippen molar-refractivity contribution < 1.29 is 14.3 Å². The standard InChI is InChI=1S/C16H11IO4/c1-20-12-7-6-9(17)8-11(12)16-15(19)14(18)10-4-2-3-5-13(10)21-16/h2-8,19H,1H3. The number of ether oxygens (including phenoxy) is 1. The zero-order chi connectivity index (χ0) is 15.0. The molecule has 0 aliphatic rings. The lowest BCUT2D eigenvalue weighted by Gasteiger charge is -2.10. The number of methoxy groups -OCH3 is 1. The van der Waals surface area contributed by atoms with Crippen LogP contribution in [0.1, 0.15) is 0 Å². The van der Waals surface area contributed by atoms with Gasteiger partial charge < -0.3 is 14.3 Å². The van der Waals surface area contributed by atoms with E-state index in [0.29, 0.717) is 22.3 Å². The minimum atomic E-state index is -0.451. The van der Waals surface area contributed by atoms with Crippen LogP contribution in [0, 0.1) is 3.57 Å². The molecule has 3 rings (SSSR count). The van der Waals surface area contributed by atoms with Crippen LogP contribution >= 0.6 is 22.6 Å². The molecule has 0 bridgehead atoms. The molecule has 0 amide bonds. The van der Waals surface area contributed by atoms with Crippen molar-refractivity contribution in [1.82, 2.24) is 0 Å². The predicted molar refractivity (Wildman–Crippen MR) is 88.9 cm³/mol. The van der Waals surface area contributed by atoms with Crippen molar-refractivity contribution in [3.8, 4) is 22.8 Å². The second kappa shape index (κ2) is 5.40. The summed E-state index contributed by atoms with van der Waals surface area (Å²) in [5.41, 5.74) is 0.522. The second-order valence-corrected chi connectivity index (χ2v) is 5.70. The number of benzene rings is 2. The highest BCUT2D eigenvalue weighted by Gasteiger charge is 2.18. The second-order valence-electron chi connectivity index (χ2n) is 4.45. The van der Waals surface area contributed by atoms with Gasteiger partial charge in [-0.25, -0.2) is 0 Å². The zero-order valence-electron chi connectivity index (χ0n) is 11.1. The fourth-order valence-corrected chi connectivity index (χ4v) is 2.66. The summed E-state index contributed by atoms with van der Waals surface area (Å²) >= 11 is 2.15. The van der Waals surface area contributed by atoms with Gasteiger partial charge in [0.05, 0.1) is 18.1 Å². The molecule has 1 aromatic heterocycles. The molecule has 1 N–H and O–H groups in total. The highest BCUT2D eigenvalue weighted by atomic mass is 127. The highest BCUT2D eigenvalue weighted by Crippen LogP contribution is 2.36. The average Bonchev–Trinajstić information content (AvgIpc) is 2.51. The van der Waals surface area contributed by atoms with Crippen LogP contribution in [-0.2, 0) is 0 Å². The molecule has 2 aromatic carbocycles. The maximum absolute atomic E-state index is 12.3. The fourth-order valence-electron chi connectivity index (χ4n) is 2.17. The van der Waals surface area contributed by atoms with Crippen LogP contribution in [0.4, 0.5) is 0 Å². The van der Waals surface area contributed by atoms with Gasteiger partial charge in [0.25, 0.3) is 0 Å². The first-order valence-electron chi connectivity index (χ1n) is 6.20. The van der Waals surface area contributed by atoms with Gasteiger partial charge in [0.15, 0.2) is 5.76 Å². The van der Waals surface area contributed by atoms with E-state index in [4.69, 9.17) is 9.15 Å². The maximum atomic E-state index is 12.3. The van der Waals surface area contributed by atoms with E-state index < -0.39 is 11.2 Å². The Balaban J connectivity index is 2.38. The van der Waals surface area contributed by atoms with Gasteiger partial charge in [0.2, 0.25) is 11.2 Å². The van der Waals surface area contributed by atoms with E-state index in [1.165, 1.54) is 7.11 Å². The summed E-state index contributed by atoms with van der Waals surface area (Å²) in [6.45, 7) is 0. The van der Waals surface area contributed by atoms with E-state index in [1.54, 1.807) is 36.4 Å². The zero-order valence-corrected chi connectivity index (χ0v) is 13.2. The molecular weight excluding hydrogens is 383 g/mol. The van der Waals surface area contributed by atoms with Crippen LogP contribution in [0.25, 0.3) is 22.3 Å². The lowest BCUT2D eigenvalue weighted by Crippen LogP contribution is -2.03. The van der Waals surface area contributed by atoms with Gasteiger partial charge >= 0.3 is 0 Å². The van der Waals surface area contributed by atoms with E-state index in [2.05, 4.69) is 22.6 Å². The summed E-state index contributed by atoms with van der Waals surface area (Å²) in [5.74, 6) is 0.243. The SMILES string of the molecule is COc1ccc(I)cc1-c1oc2ccccc2c(=O)c1O. The van der Waals surface area contributed by atoms with E-state index in [-0.39, 0.29) is 5.76 Å². The molecule has 0 aliphatic heterocycles. The number of halogens is 1. The molecule has 106 valence electrons. The normalized spacial score (nSPS) is 10.8. The Bertz CT molecular complexity index is 883. The van der Waals surface area contributed by atoms with Gasteiger partial charge in [-0.3, -0.25) is 4.79 Å². The molecule has 1 heterocycles. The topological polar surface area (TPSA) is 59.7 Å². The minimum absolute atomic E-state index is 0.120. The number of rotatable bonds is 2. The molecule has 0 aliphatic carbocycles. The van der Waals surface area contributed by atoms with Gasteiger partial charge in [-0.2, -0.15) is 0 Å². The van der Waals surface area contributed by atoms with Crippen LogP contribution in [0.3, 0.4) is 0 Å². The maximum Gasteiger partial charge on any atom is 0.235 e. The smallest absolute Gasteiger partial charge is 0.235 e. The lowest BCUT2D eigenvalue weighted by atomic mass is 10.1. The van der Waals surface area contributed by atoms with E-state index in [0.717, 1.165) is 3.57 Å². The number of hydrogen-bond donors (Lipinski definition) is 1. The van der Waals surface area contributed by atoms with Crippen molar-refractivity contribution in [3.63, 3.8) is 0 Å². The van der Waals surface area contributed by atoms with Gasteiger partial charge in [-0.15, -0.1) is 0 Å². The van der Waals surface area contributed by atoms with Crippen LogP contribution in [0.15, 0.2) is 51.7 Å². The number of hydrogen-bond acceptors (Lipinski definition) is 4. The summed E-state index contributed by atoms with van der Waals surface area (Å²) < 4.78 is 12.0. The van der Waals surface area contributed by atoms with Gasteiger partial charge in [0, 0.05) is 3.57 Å². The van der Waals surface area contributed by atoms with Crippen LogP contribution in [0.2, 0.25) is 0 Å². The third-order valence-electron chi connectivity index (χ3n) is 3.18. The van der Waals surface area contributed by atoms with Crippen LogP contribution < -0.4 is 10.2 Å². The Morgan fingerprint density at radius 3 is 2.71 bits per heavy atom. The van der Waals surface area contributed by atoms with Gasteiger partial charge in [-0.1, -0.05) is 12.1 Å². The first kappa shape index (κ1) is 13.9. The number of para-hydroxylation sites is 1. The fraction of sp³-hybridized carbons (Fsp3) is 0.0625. The molecular formula is C16H11IO4. The van der Waals surface area contributed by atoms with Crippen molar-refractivity contribution in [2.45, 2.75) is 0 Å². The molecule has 3 aromatic rings. The average molecular weight is 394 g/mol. The third-order valence-corrected chi connectivity index (χ3v) is 3.85. The quantitative estimate of drug-likeness (QED) is 0.673. The van der Waals surface area contributed by atoms with Crippen molar-refractivity contribution in [3.05, 3.63) is 56.3 Å². The largest absolute Gasteiger partial charge is 0.502 e. The molecule has 0 radical (unpaired) electrons. The minimum Gasteiger partial charge on any atom is -0.502 e. The Morgan fingerprint density at radius 1 is 1.19 bits per heavy atom. The van der Waals surface area contributed by atoms with Crippen LogP contribution in [-0.4, -0.2) is 12.2 Å². The van der Waals surface area contributed by atoms with Gasteiger partial charge in [0.1, 0.15) is 11.3 Å². The molecule has 0 atom stereocenters. The summed E-state index contributed by atoms with van der Waals surface area (Å²) in [7, 11) is 1.53. The van der Waals surface area contributed by atoms with Crippen molar-refractivity contribution in [2.75, 3.05) is 7.11 Å². The van der Waals surface area contributed by atoms with E-state index in [9.17, 15) is 9.90 Å². The first-order chi connectivity index (χ1) is 10.1. The Hall–Kier alpha value is -2.02. The molecule has 0 fully saturated rings. The Labute approximate surface area is 134 Å². The molecule has 0 saturated heterocycles. The molecule has 0 saturated carbocycles. The lowest BCUT2D eigenvalue weighted by molar-refractivity contribution is 0.411. The number of aromatic hydroxyl groups is 1. The van der Waals surface area contributed by atoms with E-state index >= 15 is 0 Å². The predicted octanol–water partition coefficient (Wildman–Crippen LogP) is 3.78. The van der Waals surface area contributed by atoms with Crippen molar-refractivity contribution in [1.29, 1.82) is 0 Å². The van der Waals surface area contributed by atoms with E-state index in [1.807, 2.05) is 6.07 Å². The molecule has 0 unspecified atom stereocenters. The monoisotopic (exact) mass is 394 g/mol. The summed E-state index contributed by atoms with van der Waals surface area (Å²) in [6.07, 6.45) is 0. The van der Waals surface area contributed by atoms with Crippen molar-refractivity contribution in [2.24, 2.45) is 0 Å². The summed E-state index contributed by atoms with van der Waals surface area (Å²) in [5, 5.41) is 10.5. The third kappa shape index (κ3) is 2.37. The highest BCUT2D eigenvalue weighted by molar-refractivity contribution is 14.1. The summed E-state index contributed by atoms with van der Waals surface area (Å²) in [6, 6.07) is 12.3. The van der Waals surface area contributed by atoms with Crippen molar-refractivity contribution >= 4 is 33.6 Å². The molecule has 21 heavy (non-hydrogen) atoms. The first-order valence-corrected chi connectivity index (χ1v) is 7.28. The molecule has 0 spiro atoms. The number of fused-ring (bicyclic) bond motifs is 1.